The molecule has 6 heteroatoms. The predicted octanol–water partition coefficient (Wildman–Crippen LogP) is 0.446. The maximum Gasteiger partial charge on any atom is 0.326 e. The van der Waals surface area contributed by atoms with Crippen molar-refractivity contribution in [1.29, 1.82) is 0 Å². The molecule has 0 fully saturated rings. The first-order valence-electron chi connectivity index (χ1n) is 5.98. The maximum atomic E-state index is 11.6. The van der Waals surface area contributed by atoms with Gasteiger partial charge in [-0.25, -0.2) is 4.79 Å². The number of carbonyl (C=O) groups is 2. The third-order valence-corrected chi connectivity index (χ3v) is 3.11. The van der Waals surface area contributed by atoms with Gasteiger partial charge in [0.15, 0.2) is 0 Å². The number of hydrogen-bond donors (Lipinski definition) is 4. The summed E-state index contributed by atoms with van der Waals surface area (Å²) in [5, 5.41) is 11.5. The van der Waals surface area contributed by atoms with E-state index in [4.69, 9.17) is 10.8 Å². The van der Waals surface area contributed by atoms with Crippen LogP contribution in [0.5, 0.6) is 0 Å². The van der Waals surface area contributed by atoms with Gasteiger partial charge in [-0.1, -0.05) is 30.3 Å². The van der Waals surface area contributed by atoms with Gasteiger partial charge in [0.25, 0.3) is 0 Å². The largest absolute Gasteiger partial charge is 0.480 e. The van der Waals surface area contributed by atoms with Crippen molar-refractivity contribution < 1.29 is 14.7 Å². The van der Waals surface area contributed by atoms with Gasteiger partial charge in [0.1, 0.15) is 6.04 Å². The molecule has 1 amide bonds. The van der Waals surface area contributed by atoms with Crippen LogP contribution in [-0.2, 0) is 16.0 Å². The summed E-state index contributed by atoms with van der Waals surface area (Å²) in [6.07, 6.45) is 0.901. The zero-order valence-corrected chi connectivity index (χ0v) is 11.3. The summed E-state index contributed by atoms with van der Waals surface area (Å²) in [7, 11) is 0. The molecule has 0 radical (unpaired) electrons. The fraction of sp³-hybridized carbons (Fsp3) is 0.385. The minimum absolute atomic E-state index is 0.177. The number of nitrogens with one attached hydrogen (secondary N) is 1. The van der Waals surface area contributed by atoms with E-state index in [2.05, 4.69) is 17.9 Å². The summed E-state index contributed by atoms with van der Waals surface area (Å²) in [6, 6.07) is 7.79. The molecular formula is C13H18N2O3S. The molecule has 0 saturated heterocycles. The SMILES string of the molecule is N[C@@H](CS)C(=O)NC(CCc1ccccc1)C(=O)O. The molecular weight excluding hydrogens is 264 g/mol. The lowest BCUT2D eigenvalue weighted by Crippen LogP contribution is -2.49. The van der Waals surface area contributed by atoms with Gasteiger partial charge in [-0.3, -0.25) is 4.79 Å². The summed E-state index contributed by atoms with van der Waals surface area (Å²) >= 11 is 3.91. The quantitative estimate of drug-likeness (QED) is 0.546. The predicted molar refractivity (Wildman–Crippen MR) is 76.2 cm³/mol. The van der Waals surface area contributed by atoms with Gasteiger partial charge >= 0.3 is 5.97 Å². The Bertz CT molecular complexity index is 425. The standard InChI is InChI=1S/C13H18N2O3S/c14-10(8-19)12(16)15-11(13(17)18)7-6-9-4-2-1-3-5-9/h1-5,10-11,19H,6-8,14H2,(H,15,16)(H,17,18)/t10-,11?/m0/s1. The Labute approximate surface area is 117 Å². The molecule has 0 aliphatic rings. The molecule has 0 saturated carbocycles. The Morgan fingerprint density at radius 2 is 1.95 bits per heavy atom. The highest BCUT2D eigenvalue weighted by atomic mass is 32.1. The van der Waals surface area contributed by atoms with E-state index in [0.29, 0.717) is 12.8 Å². The van der Waals surface area contributed by atoms with E-state index in [1.54, 1.807) is 0 Å². The van der Waals surface area contributed by atoms with Gasteiger partial charge in [0.2, 0.25) is 5.91 Å². The molecule has 19 heavy (non-hydrogen) atoms. The van der Waals surface area contributed by atoms with Crippen molar-refractivity contribution in [2.24, 2.45) is 5.73 Å². The summed E-state index contributed by atoms with van der Waals surface area (Å²) in [4.78, 5) is 22.6. The second-order valence-electron chi connectivity index (χ2n) is 4.21. The van der Waals surface area contributed by atoms with Gasteiger partial charge in [0.05, 0.1) is 6.04 Å². The van der Waals surface area contributed by atoms with Gasteiger partial charge in [-0.05, 0) is 18.4 Å². The van der Waals surface area contributed by atoms with Crippen LogP contribution in [0.15, 0.2) is 30.3 Å². The van der Waals surface area contributed by atoms with E-state index >= 15 is 0 Å². The summed E-state index contributed by atoms with van der Waals surface area (Å²) < 4.78 is 0. The van der Waals surface area contributed by atoms with Gasteiger partial charge in [-0.2, -0.15) is 12.6 Å². The minimum Gasteiger partial charge on any atom is -0.480 e. The highest BCUT2D eigenvalue weighted by molar-refractivity contribution is 7.80. The number of benzene rings is 1. The van der Waals surface area contributed by atoms with Crippen LogP contribution in [0.25, 0.3) is 0 Å². The third kappa shape index (κ3) is 5.32. The molecule has 104 valence electrons. The Kier molecular flexibility index (Phi) is 6.38. The number of thiol groups is 1. The van der Waals surface area contributed by atoms with Crippen molar-refractivity contribution in [3.63, 3.8) is 0 Å². The van der Waals surface area contributed by atoms with Gasteiger partial charge < -0.3 is 16.2 Å². The Hall–Kier alpha value is -1.53. The highest BCUT2D eigenvalue weighted by Crippen LogP contribution is 2.05. The molecule has 4 N–H and O–H groups in total. The molecule has 0 aromatic heterocycles. The molecule has 0 heterocycles. The first-order valence-corrected chi connectivity index (χ1v) is 6.61. The van der Waals surface area contributed by atoms with Crippen LogP contribution >= 0.6 is 12.6 Å². The van der Waals surface area contributed by atoms with E-state index in [-0.39, 0.29) is 5.75 Å². The lowest BCUT2D eigenvalue weighted by Gasteiger charge is -2.16. The van der Waals surface area contributed by atoms with Crippen LogP contribution in [0.1, 0.15) is 12.0 Å². The monoisotopic (exact) mass is 282 g/mol. The molecule has 1 rings (SSSR count). The van der Waals surface area contributed by atoms with Crippen molar-refractivity contribution in [3.8, 4) is 0 Å². The normalized spacial score (nSPS) is 13.6. The molecule has 0 bridgehead atoms. The zero-order valence-electron chi connectivity index (χ0n) is 10.5. The summed E-state index contributed by atoms with van der Waals surface area (Å²) in [5.41, 5.74) is 6.52. The number of aryl methyl sites for hydroxylation is 1. The zero-order chi connectivity index (χ0) is 14.3. The molecule has 0 aliphatic heterocycles. The molecule has 2 atom stereocenters. The van der Waals surface area contributed by atoms with Crippen LogP contribution in [0.2, 0.25) is 0 Å². The van der Waals surface area contributed by atoms with Crippen molar-refractivity contribution in [1.82, 2.24) is 5.32 Å². The lowest BCUT2D eigenvalue weighted by molar-refractivity contribution is -0.142. The fourth-order valence-corrected chi connectivity index (χ4v) is 1.74. The van der Waals surface area contributed by atoms with Crippen LogP contribution in [0.3, 0.4) is 0 Å². The van der Waals surface area contributed by atoms with E-state index < -0.39 is 24.0 Å². The molecule has 1 aromatic rings. The smallest absolute Gasteiger partial charge is 0.326 e. The number of carboxylic acids is 1. The Morgan fingerprint density at radius 1 is 1.32 bits per heavy atom. The van der Waals surface area contributed by atoms with Gasteiger partial charge in [-0.15, -0.1) is 0 Å². The number of aliphatic carboxylic acids is 1. The number of carbonyl (C=O) groups excluding carboxylic acids is 1. The van der Waals surface area contributed by atoms with Crippen molar-refractivity contribution >= 4 is 24.5 Å². The van der Waals surface area contributed by atoms with Crippen LogP contribution in [-0.4, -0.2) is 34.8 Å². The van der Waals surface area contributed by atoms with Crippen molar-refractivity contribution in [2.75, 3.05) is 5.75 Å². The van der Waals surface area contributed by atoms with Crippen molar-refractivity contribution in [2.45, 2.75) is 24.9 Å². The average Bonchev–Trinajstić information content (AvgIpc) is 2.42. The summed E-state index contributed by atoms with van der Waals surface area (Å²) in [6.45, 7) is 0. The second kappa shape index (κ2) is 7.81. The van der Waals surface area contributed by atoms with E-state index in [9.17, 15) is 9.59 Å². The van der Waals surface area contributed by atoms with Crippen molar-refractivity contribution in [3.05, 3.63) is 35.9 Å². The number of hydrogen-bond acceptors (Lipinski definition) is 4. The highest BCUT2D eigenvalue weighted by Gasteiger charge is 2.22. The molecule has 1 unspecified atom stereocenters. The molecule has 0 aliphatic carbocycles. The topological polar surface area (TPSA) is 92.4 Å². The van der Waals surface area contributed by atoms with Crippen LogP contribution < -0.4 is 11.1 Å². The van der Waals surface area contributed by atoms with Gasteiger partial charge in [0, 0.05) is 5.75 Å². The lowest BCUT2D eigenvalue weighted by atomic mass is 10.1. The average molecular weight is 282 g/mol. The molecule has 0 spiro atoms. The number of rotatable bonds is 7. The molecule has 5 nitrogen and oxygen atoms in total. The Balaban J connectivity index is 2.54. The van der Waals surface area contributed by atoms with E-state index in [0.717, 1.165) is 5.56 Å². The van der Waals surface area contributed by atoms with E-state index in [1.165, 1.54) is 0 Å². The van der Waals surface area contributed by atoms with Crippen LogP contribution in [0.4, 0.5) is 0 Å². The third-order valence-electron chi connectivity index (χ3n) is 2.71. The number of nitrogens with two attached hydrogens (primary N) is 1. The summed E-state index contributed by atoms with van der Waals surface area (Å²) in [5.74, 6) is -1.37. The first kappa shape index (κ1) is 15.5. The second-order valence-corrected chi connectivity index (χ2v) is 4.58. The molecule has 1 aromatic carbocycles. The van der Waals surface area contributed by atoms with Crippen LogP contribution in [0, 0.1) is 0 Å². The fourth-order valence-electron chi connectivity index (χ4n) is 1.57. The maximum absolute atomic E-state index is 11.6. The first-order chi connectivity index (χ1) is 9.04. The Morgan fingerprint density at radius 3 is 2.47 bits per heavy atom. The number of amides is 1. The minimum atomic E-state index is -1.06. The van der Waals surface area contributed by atoms with E-state index in [1.807, 2.05) is 30.3 Å². The number of carboxylic acid groups (broad SMARTS) is 1.